The molecule has 1 aliphatic rings. The van der Waals surface area contributed by atoms with Gasteiger partial charge in [-0.25, -0.2) is 0 Å². The molecule has 0 saturated heterocycles. The minimum Gasteiger partial charge on any atom is -0.484 e. The molecule has 0 aromatic heterocycles. The number of hydrogen-bond donors (Lipinski definition) is 2. The van der Waals surface area contributed by atoms with Crippen LogP contribution in [-0.2, 0) is 9.59 Å². The van der Waals surface area contributed by atoms with E-state index in [2.05, 4.69) is 10.6 Å². The second kappa shape index (κ2) is 9.61. The maximum Gasteiger partial charge on any atom is 0.262 e. The quantitative estimate of drug-likeness (QED) is 0.478. The van der Waals surface area contributed by atoms with Gasteiger partial charge in [0.25, 0.3) is 17.7 Å². The average Bonchev–Trinajstić information content (AvgIpc) is 2.98. The Morgan fingerprint density at radius 2 is 1.45 bits per heavy atom. The lowest BCUT2D eigenvalue weighted by atomic mass is 10.1. The van der Waals surface area contributed by atoms with Gasteiger partial charge in [0.1, 0.15) is 12.3 Å². The summed E-state index contributed by atoms with van der Waals surface area (Å²) in [6.07, 6.45) is 0. The molecule has 3 rings (SSSR count). The normalized spacial score (nSPS) is 12.5. The number of carbonyl (C=O) groups excluding carboxylic acids is 4. The Kier molecular flexibility index (Phi) is 6.91. The van der Waals surface area contributed by atoms with Crippen LogP contribution in [0.25, 0.3) is 0 Å². The van der Waals surface area contributed by atoms with Gasteiger partial charge in [-0.2, -0.15) is 0 Å². The summed E-state index contributed by atoms with van der Waals surface area (Å²) >= 11 is 6.11. The molecule has 162 valence electrons. The average molecular weight is 444 g/mol. The van der Waals surface area contributed by atoms with E-state index in [1.54, 1.807) is 36.4 Å². The van der Waals surface area contributed by atoms with E-state index in [1.165, 1.54) is 0 Å². The topological polar surface area (TPSA) is 105 Å². The van der Waals surface area contributed by atoms with Gasteiger partial charge in [0.15, 0.2) is 6.61 Å². The number of halogens is 1. The molecule has 4 amide bonds. The highest BCUT2D eigenvalue weighted by atomic mass is 35.5. The molecule has 0 fully saturated rings. The summed E-state index contributed by atoms with van der Waals surface area (Å²) in [5, 5.41) is 5.86. The molecular formula is C22H22ClN3O5. The minimum atomic E-state index is -0.493. The van der Waals surface area contributed by atoms with E-state index in [4.69, 9.17) is 16.3 Å². The largest absolute Gasteiger partial charge is 0.484 e. The Morgan fingerprint density at radius 1 is 0.935 bits per heavy atom. The second-order valence-corrected chi connectivity index (χ2v) is 7.48. The summed E-state index contributed by atoms with van der Waals surface area (Å²) in [7, 11) is 0. The van der Waals surface area contributed by atoms with Gasteiger partial charge in [-0.15, -0.1) is 0 Å². The predicted molar refractivity (Wildman–Crippen MR) is 114 cm³/mol. The van der Waals surface area contributed by atoms with Gasteiger partial charge >= 0.3 is 0 Å². The van der Waals surface area contributed by atoms with E-state index in [1.807, 2.05) is 13.8 Å². The number of amides is 4. The Bertz CT molecular complexity index is 995. The monoisotopic (exact) mass is 443 g/mol. The fourth-order valence-corrected chi connectivity index (χ4v) is 3.28. The molecule has 2 N–H and O–H groups in total. The highest BCUT2D eigenvalue weighted by molar-refractivity contribution is 6.32. The molecule has 0 radical (unpaired) electrons. The summed E-state index contributed by atoms with van der Waals surface area (Å²) < 4.78 is 5.47. The summed E-state index contributed by atoms with van der Waals surface area (Å²) in [5.74, 6) is -1.28. The number of ether oxygens (including phenoxy) is 1. The Hall–Kier alpha value is -3.39. The van der Waals surface area contributed by atoms with Gasteiger partial charge in [-0.1, -0.05) is 23.7 Å². The highest BCUT2D eigenvalue weighted by Crippen LogP contribution is 2.25. The Morgan fingerprint density at radius 3 is 2.00 bits per heavy atom. The number of nitrogens with zero attached hydrogens (tertiary/aromatic N) is 1. The molecule has 1 heterocycles. The first-order chi connectivity index (χ1) is 14.8. The summed E-state index contributed by atoms with van der Waals surface area (Å²) in [6.45, 7) is 3.48. The molecule has 0 saturated carbocycles. The lowest BCUT2D eigenvalue weighted by Crippen LogP contribution is -2.43. The number of fused-ring (bicyclic) bond motifs is 1. The first-order valence-corrected chi connectivity index (χ1v) is 10.0. The summed E-state index contributed by atoms with van der Waals surface area (Å²) in [4.78, 5) is 49.4. The first kappa shape index (κ1) is 22.3. The third-order valence-electron chi connectivity index (χ3n) is 4.73. The number of nitrogens with one attached hydrogen (secondary N) is 2. The zero-order valence-electron chi connectivity index (χ0n) is 17.2. The molecule has 2 aromatic rings. The molecule has 31 heavy (non-hydrogen) atoms. The van der Waals surface area contributed by atoms with Crippen molar-refractivity contribution in [3.63, 3.8) is 0 Å². The molecule has 1 aliphatic heterocycles. The lowest BCUT2D eigenvalue weighted by Gasteiger charge is -2.14. The van der Waals surface area contributed by atoms with E-state index in [0.29, 0.717) is 21.9 Å². The number of hydrogen-bond acceptors (Lipinski definition) is 5. The van der Waals surface area contributed by atoms with Gasteiger partial charge in [-0.05, 0) is 49.2 Å². The second-order valence-electron chi connectivity index (χ2n) is 7.10. The molecule has 8 nitrogen and oxygen atoms in total. The van der Waals surface area contributed by atoms with Gasteiger partial charge < -0.3 is 15.4 Å². The van der Waals surface area contributed by atoms with Crippen molar-refractivity contribution in [1.29, 1.82) is 0 Å². The molecule has 0 atom stereocenters. The van der Waals surface area contributed by atoms with Crippen molar-refractivity contribution in [2.75, 3.05) is 26.2 Å². The maximum absolute atomic E-state index is 12.3. The van der Waals surface area contributed by atoms with Crippen LogP contribution < -0.4 is 15.4 Å². The third-order valence-corrected chi connectivity index (χ3v) is 5.33. The molecule has 0 bridgehead atoms. The number of aryl methyl sites for hydroxylation is 2. The molecule has 0 unspecified atom stereocenters. The number of rotatable bonds is 8. The maximum atomic E-state index is 12.3. The van der Waals surface area contributed by atoms with E-state index in [0.717, 1.165) is 16.0 Å². The smallest absolute Gasteiger partial charge is 0.262 e. The van der Waals surface area contributed by atoms with Gasteiger partial charge in [0, 0.05) is 18.1 Å². The van der Waals surface area contributed by atoms with Crippen molar-refractivity contribution in [2.24, 2.45) is 0 Å². The van der Waals surface area contributed by atoms with E-state index in [-0.39, 0.29) is 32.1 Å². The number of carbonyl (C=O) groups is 4. The van der Waals surface area contributed by atoms with Crippen molar-refractivity contribution in [3.8, 4) is 5.75 Å². The third kappa shape index (κ3) is 5.21. The van der Waals surface area contributed by atoms with Gasteiger partial charge in [-0.3, -0.25) is 24.1 Å². The molecule has 9 heteroatoms. The number of benzene rings is 2. The van der Waals surface area contributed by atoms with Gasteiger partial charge in [0.05, 0.1) is 11.1 Å². The highest BCUT2D eigenvalue weighted by Gasteiger charge is 2.36. The van der Waals surface area contributed by atoms with Crippen LogP contribution in [0, 0.1) is 13.8 Å². The van der Waals surface area contributed by atoms with Crippen molar-refractivity contribution in [1.82, 2.24) is 15.5 Å². The van der Waals surface area contributed by atoms with Crippen LogP contribution in [0.2, 0.25) is 5.02 Å². The van der Waals surface area contributed by atoms with Gasteiger partial charge in [0.2, 0.25) is 5.91 Å². The minimum absolute atomic E-state index is 0.146. The van der Waals surface area contributed by atoms with Crippen LogP contribution in [-0.4, -0.2) is 54.8 Å². The fourth-order valence-electron chi connectivity index (χ4n) is 3.18. The number of imide groups is 1. The van der Waals surface area contributed by atoms with Crippen LogP contribution >= 0.6 is 11.6 Å². The van der Waals surface area contributed by atoms with Crippen molar-refractivity contribution in [3.05, 3.63) is 63.7 Å². The van der Waals surface area contributed by atoms with Crippen LogP contribution in [0.5, 0.6) is 5.75 Å². The van der Waals surface area contributed by atoms with Crippen LogP contribution in [0.1, 0.15) is 31.8 Å². The van der Waals surface area contributed by atoms with Crippen LogP contribution in [0.15, 0.2) is 36.4 Å². The lowest BCUT2D eigenvalue weighted by molar-refractivity contribution is -0.124. The standard InChI is InChI=1S/C22H22ClN3O5/c1-13-9-15(10-14(2)20(13)23)31-12-19(28)25-8-7-24-18(27)11-26-21(29)16-5-3-4-6-17(16)22(26)30/h3-6,9-10H,7-8,11-12H2,1-2H3,(H,24,27)(H,25,28). The summed E-state index contributed by atoms with van der Waals surface area (Å²) in [6, 6.07) is 9.93. The van der Waals surface area contributed by atoms with E-state index < -0.39 is 17.7 Å². The van der Waals surface area contributed by atoms with Crippen LogP contribution in [0.3, 0.4) is 0 Å². The zero-order chi connectivity index (χ0) is 22.5. The molecular weight excluding hydrogens is 422 g/mol. The Balaban J connectivity index is 1.37. The Labute approximate surface area is 184 Å². The summed E-state index contributed by atoms with van der Waals surface area (Å²) in [5.41, 5.74) is 2.30. The fraction of sp³-hybridized carbons (Fsp3) is 0.273. The zero-order valence-corrected chi connectivity index (χ0v) is 17.9. The van der Waals surface area contributed by atoms with Crippen LogP contribution in [0.4, 0.5) is 0 Å². The predicted octanol–water partition coefficient (Wildman–Crippen LogP) is 1.86. The molecule has 2 aromatic carbocycles. The van der Waals surface area contributed by atoms with Crippen molar-refractivity contribution >= 4 is 35.2 Å². The first-order valence-electron chi connectivity index (χ1n) is 9.66. The SMILES string of the molecule is Cc1cc(OCC(=O)NCCNC(=O)CN2C(=O)c3ccccc3C2=O)cc(C)c1Cl. The molecule has 0 aliphatic carbocycles. The van der Waals surface area contributed by atoms with Crippen molar-refractivity contribution < 1.29 is 23.9 Å². The van der Waals surface area contributed by atoms with E-state index in [9.17, 15) is 19.2 Å². The van der Waals surface area contributed by atoms with Crippen molar-refractivity contribution in [2.45, 2.75) is 13.8 Å². The van der Waals surface area contributed by atoms with E-state index >= 15 is 0 Å². The molecule has 0 spiro atoms.